The molecule has 0 aliphatic rings. The first-order chi connectivity index (χ1) is 19.5. The van der Waals surface area contributed by atoms with E-state index in [1.807, 2.05) is 73.8 Å². The number of hydrogen-bond acceptors (Lipinski definition) is 4. The van der Waals surface area contributed by atoms with Crippen LogP contribution in [-0.2, 0) is 27.2 Å². The lowest BCUT2D eigenvalue weighted by Gasteiger charge is -2.34. The van der Waals surface area contributed by atoms with E-state index in [2.05, 4.69) is 53.1 Å². The highest BCUT2D eigenvalue weighted by Crippen LogP contribution is 2.20. The van der Waals surface area contributed by atoms with E-state index in [1.54, 1.807) is 21.1 Å². The number of fused-ring (bicyclic) bond motifs is 1. The molecular weight excluding hydrogens is 627 g/mol. The highest BCUT2D eigenvalue weighted by molar-refractivity contribution is 14.1. The van der Waals surface area contributed by atoms with Crippen LogP contribution in [0.25, 0.3) is 10.8 Å². The summed E-state index contributed by atoms with van der Waals surface area (Å²) in [4.78, 5) is 43.5. The fourth-order valence-corrected chi connectivity index (χ4v) is 4.97. The molecular formula is C33H41IN4O3. The van der Waals surface area contributed by atoms with Crippen LogP contribution >= 0.6 is 22.6 Å². The van der Waals surface area contributed by atoms with Crippen molar-refractivity contribution in [1.82, 2.24) is 20.4 Å². The first-order valence-corrected chi connectivity index (χ1v) is 14.9. The third kappa shape index (κ3) is 8.87. The zero-order chi connectivity index (χ0) is 30.2. The molecule has 218 valence electrons. The minimum atomic E-state index is -0.806. The summed E-state index contributed by atoms with van der Waals surface area (Å²) in [6.07, 6.45) is 4.69. The second kappa shape index (κ2) is 14.6. The Bertz CT molecular complexity index is 1390. The van der Waals surface area contributed by atoms with Gasteiger partial charge in [-0.3, -0.25) is 14.4 Å². The fraction of sp³-hybridized carbons (Fsp3) is 0.364. The summed E-state index contributed by atoms with van der Waals surface area (Å²) < 4.78 is 1.09. The van der Waals surface area contributed by atoms with Gasteiger partial charge in [-0.2, -0.15) is 0 Å². The van der Waals surface area contributed by atoms with Gasteiger partial charge in [-0.25, -0.2) is 0 Å². The maximum atomic E-state index is 14.2. The van der Waals surface area contributed by atoms with Gasteiger partial charge in [0.25, 0.3) is 0 Å². The number of halogens is 1. The number of carbonyl (C=O) groups excluding carboxylic acids is 3. The van der Waals surface area contributed by atoms with Gasteiger partial charge in [0.05, 0.1) is 0 Å². The molecule has 0 heterocycles. The molecule has 0 saturated heterocycles. The zero-order valence-electron chi connectivity index (χ0n) is 24.8. The molecule has 0 saturated carbocycles. The third-order valence-electron chi connectivity index (χ3n) is 7.61. The lowest BCUT2D eigenvalue weighted by Crippen LogP contribution is -2.55. The quantitative estimate of drug-likeness (QED) is 0.219. The summed E-state index contributed by atoms with van der Waals surface area (Å²) in [6, 6.07) is 20.5. The first kappa shape index (κ1) is 32.3. The predicted octanol–water partition coefficient (Wildman–Crippen LogP) is 4.57. The Morgan fingerprint density at radius 1 is 0.854 bits per heavy atom. The minimum absolute atomic E-state index is 0.161. The normalized spacial score (nSPS) is 13.1. The maximum Gasteiger partial charge on any atom is 0.246 e. The van der Waals surface area contributed by atoms with Crippen LogP contribution in [0.5, 0.6) is 0 Å². The van der Waals surface area contributed by atoms with Gasteiger partial charge < -0.3 is 20.4 Å². The Hall–Kier alpha value is -3.24. The SMILES string of the molecule is CNC(=O)C(Cc1ccc(I)cc1)N(C)C(=O)C(Cc1ccc2ccccc2c1)N(C)C(=O)/C=C/CC(C)(C)NC. The van der Waals surface area contributed by atoms with Crippen molar-refractivity contribution in [3.8, 4) is 0 Å². The topological polar surface area (TPSA) is 81.8 Å². The summed E-state index contributed by atoms with van der Waals surface area (Å²) in [5.74, 6) is -0.817. The third-order valence-corrected chi connectivity index (χ3v) is 8.33. The van der Waals surface area contributed by atoms with E-state index in [9.17, 15) is 14.4 Å². The molecule has 3 aromatic rings. The number of benzene rings is 3. The number of amides is 3. The highest BCUT2D eigenvalue weighted by Gasteiger charge is 2.34. The smallest absolute Gasteiger partial charge is 0.246 e. The van der Waals surface area contributed by atoms with Gasteiger partial charge in [0, 0.05) is 43.1 Å². The van der Waals surface area contributed by atoms with Gasteiger partial charge in [0.15, 0.2) is 0 Å². The van der Waals surface area contributed by atoms with E-state index in [0.717, 1.165) is 25.5 Å². The molecule has 0 bridgehead atoms. The summed E-state index contributed by atoms with van der Waals surface area (Å²) in [6.45, 7) is 4.11. The zero-order valence-corrected chi connectivity index (χ0v) is 26.9. The van der Waals surface area contributed by atoms with Gasteiger partial charge in [0.1, 0.15) is 12.1 Å². The lowest BCUT2D eigenvalue weighted by molar-refractivity contribution is -0.146. The van der Waals surface area contributed by atoms with Crippen molar-refractivity contribution >= 4 is 51.1 Å². The van der Waals surface area contributed by atoms with Crippen molar-refractivity contribution in [1.29, 1.82) is 0 Å². The Morgan fingerprint density at radius 2 is 1.46 bits per heavy atom. The number of nitrogens with one attached hydrogen (secondary N) is 2. The second-order valence-electron chi connectivity index (χ2n) is 11.0. The van der Waals surface area contributed by atoms with Crippen LogP contribution in [0.4, 0.5) is 0 Å². The van der Waals surface area contributed by atoms with Crippen LogP contribution in [0.1, 0.15) is 31.4 Å². The molecule has 2 atom stereocenters. The van der Waals surface area contributed by atoms with Crippen LogP contribution in [0, 0.1) is 3.57 Å². The van der Waals surface area contributed by atoms with Crippen molar-refractivity contribution < 1.29 is 14.4 Å². The van der Waals surface area contributed by atoms with Crippen LogP contribution < -0.4 is 10.6 Å². The van der Waals surface area contributed by atoms with Crippen LogP contribution in [0.15, 0.2) is 78.9 Å². The van der Waals surface area contributed by atoms with E-state index in [1.165, 1.54) is 15.9 Å². The molecule has 0 radical (unpaired) electrons. The van der Waals surface area contributed by atoms with E-state index < -0.39 is 12.1 Å². The van der Waals surface area contributed by atoms with E-state index >= 15 is 0 Å². The number of rotatable bonds is 12. The first-order valence-electron chi connectivity index (χ1n) is 13.8. The average Bonchev–Trinajstić information content (AvgIpc) is 2.97. The molecule has 2 unspecified atom stereocenters. The number of nitrogens with zero attached hydrogens (tertiary/aromatic N) is 2. The van der Waals surface area contributed by atoms with Crippen molar-refractivity contribution in [2.45, 2.75) is 50.7 Å². The molecule has 3 amide bonds. The minimum Gasteiger partial charge on any atom is -0.357 e. The molecule has 7 nitrogen and oxygen atoms in total. The molecule has 0 spiro atoms. The van der Waals surface area contributed by atoms with Gasteiger partial charge in [-0.05, 0) is 90.0 Å². The summed E-state index contributed by atoms with van der Waals surface area (Å²) in [5.41, 5.74) is 1.72. The molecule has 3 aromatic carbocycles. The molecule has 0 aliphatic heterocycles. The Labute approximate surface area is 257 Å². The summed E-state index contributed by atoms with van der Waals surface area (Å²) in [7, 11) is 6.75. The van der Waals surface area contributed by atoms with Crippen LogP contribution in [0.3, 0.4) is 0 Å². The molecule has 41 heavy (non-hydrogen) atoms. The molecule has 3 rings (SSSR count). The Morgan fingerprint density at radius 3 is 2.10 bits per heavy atom. The largest absolute Gasteiger partial charge is 0.357 e. The number of hydrogen-bond donors (Lipinski definition) is 2. The van der Waals surface area contributed by atoms with Gasteiger partial charge >= 0.3 is 0 Å². The van der Waals surface area contributed by atoms with Gasteiger partial charge in [-0.1, -0.05) is 60.7 Å². The predicted molar refractivity (Wildman–Crippen MR) is 175 cm³/mol. The number of likely N-dealkylation sites (N-methyl/N-ethyl adjacent to an activating group) is 3. The monoisotopic (exact) mass is 668 g/mol. The van der Waals surface area contributed by atoms with Crippen molar-refractivity contribution in [3.05, 3.63) is 93.6 Å². The Balaban J connectivity index is 1.93. The maximum absolute atomic E-state index is 14.2. The van der Waals surface area contributed by atoms with Gasteiger partial charge in [0.2, 0.25) is 17.7 Å². The van der Waals surface area contributed by atoms with Gasteiger partial charge in [-0.15, -0.1) is 0 Å². The molecule has 0 fully saturated rings. The molecule has 0 aromatic heterocycles. The van der Waals surface area contributed by atoms with Crippen molar-refractivity contribution in [2.24, 2.45) is 0 Å². The highest BCUT2D eigenvalue weighted by atomic mass is 127. The summed E-state index contributed by atoms with van der Waals surface area (Å²) in [5, 5.41) is 8.10. The standard InChI is InChI=1S/C33H41IN4O3/c1-33(2,36-4)19-9-12-30(39)37(5)29(22-24-13-16-25-10-7-8-11-26(25)20-24)32(41)38(6)28(31(40)35-3)21-23-14-17-27(34)18-15-23/h7-18,20,28-29,36H,19,21-22H2,1-6H3,(H,35,40)/b12-9+. The fourth-order valence-electron chi connectivity index (χ4n) is 4.61. The lowest BCUT2D eigenvalue weighted by atomic mass is 9.98. The molecule has 2 N–H and O–H groups in total. The van der Waals surface area contributed by atoms with Crippen molar-refractivity contribution in [2.75, 3.05) is 28.2 Å². The Kier molecular flexibility index (Phi) is 11.5. The molecule has 0 aliphatic carbocycles. The second-order valence-corrected chi connectivity index (χ2v) is 12.2. The number of carbonyl (C=O) groups is 3. The van der Waals surface area contributed by atoms with Crippen LogP contribution in [0.2, 0.25) is 0 Å². The average molecular weight is 669 g/mol. The van der Waals surface area contributed by atoms with E-state index in [4.69, 9.17) is 0 Å². The van der Waals surface area contributed by atoms with E-state index in [-0.39, 0.29) is 23.3 Å². The molecule has 8 heteroatoms. The van der Waals surface area contributed by atoms with Crippen LogP contribution in [-0.4, -0.2) is 73.3 Å². The van der Waals surface area contributed by atoms with Crippen molar-refractivity contribution in [3.63, 3.8) is 0 Å². The summed E-state index contributed by atoms with van der Waals surface area (Å²) >= 11 is 2.24. The van der Waals surface area contributed by atoms with E-state index in [0.29, 0.717) is 19.3 Å².